The first-order chi connectivity index (χ1) is 13.8. The number of hydrogen-bond donors (Lipinski definition) is 1. The van der Waals surface area contributed by atoms with Crippen molar-refractivity contribution in [2.75, 3.05) is 4.90 Å². The third-order valence-electron chi connectivity index (χ3n) is 4.56. The van der Waals surface area contributed by atoms with E-state index in [1.807, 2.05) is 20.8 Å². The first-order valence-corrected chi connectivity index (χ1v) is 9.62. The average molecular weight is 413 g/mol. The molecule has 0 bridgehead atoms. The molecule has 29 heavy (non-hydrogen) atoms. The van der Waals surface area contributed by atoms with Crippen molar-refractivity contribution in [3.05, 3.63) is 64.2 Å². The van der Waals surface area contributed by atoms with Gasteiger partial charge in [-0.2, -0.15) is 0 Å². The van der Waals surface area contributed by atoms with Crippen LogP contribution in [0.3, 0.4) is 0 Å². The number of carbonyl (C=O) groups is 3. The van der Waals surface area contributed by atoms with Gasteiger partial charge in [-0.15, -0.1) is 0 Å². The lowest BCUT2D eigenvalue weighted by Crippen LogP contribution is -2.54. The summed E-state index contributed by atoms with van der Waals surface area (Å²) in [4.78, 5) is 38.3. The Morgan fingerprint density at radius 1 is 1.14 bits per heavy atom. The second kappa shape index (κ2) is 8.49. The van der Waals surface area contributed by atoms with Gasteiger partial charge in [0.05, 0.1) is 16.8 Å². The highest BCUT2D eigenvalue weighted by atomic mass is 35.5. The van der Waals surface area contributed by atoms with Gasteiger partial charge in [-0.05, 0) is 56.2 Å². The predicted octanol–water partition coefficient (Wildman–Crippen LogP) is 4.49. The van der Waals surface area contributed by atoms with Crippen molar-refractivity contribution in [3.63, 3.8) is 0 Å². The van der Waals surface area contributed by atoms with Crippen LogP contribution in [0, 0.1) is 6.92 Å². The number of barbiturate groups is 1. The molecule has 0 aliphatic carbocycles. The zero-order valence-corrected chi connectivity index (χ0v) is 17.1. The van der Waals surface area contributed by atoms with Crippen molar-refractivity contribution < 1.29 is 19.1 Å². The number of nitrogens with zero attached hydrogens (tertiary/aromatic N) is 1. The molecular weight excluding hydrogens is 392 g/mol. The van der Waals surface area contributed by atoms with Gasteiger partial charge < -0.3 is 4.74 Å². The number of nitrogens with one attached hydrogen (secondary N) is 1. The smallest absolute Gasteiger partial charge is 0.335 e. The van der Waals surface area contributed by atoms with Crippen molar-refractivity contribution >= 4 is 41.2 Å². The number of carbonyl (C=O) groups excluding carboxylic acids is 3. The number of hydrogen-bond acceptors (Lipinski definition) is 4. The molecule has 0 radical (unpaired) electrons. The molecule has 7 heteroatoms. The van der Waals surface area contributed by atoms with E-state index in [-0.39, 0.29) is 11.7 Å². The van der Waals surface area contributed by atoms with Gasteiger partial charge in [0.15, 0.2) is 0 Å². The average Bonchev–Trinajstić information content (AvgIpc) is 2.68. The van der Waals surface area contributed by atoms with Crippen LogP contribution < -0.4 is 15.0 Å². The lowest BCUT2D eigenvalue weighted by molar-refractivity contribution is -0.122. The number of imide groups is 2. The van der Waals surface area contributed by atoms with Crippen molar-refractivity contribution in [2.24, 2.45) is 0 Å². The Morgan fingerprint density at radius 3 is 2.45 bits per heavy atom. The molecular formula is C22H21ClN2O4. The highest BCUT2D eigenvalue weighted by Gasteiger charge is 2.36. The molecule has 0 unspecified atom stereocenters. The predicted molar refractivity (Wildman–Crippen MR) is 112 cm³/mol. The Labute approximate surface area is 174 Å². The van der Waals surface area contributed by atoms with Gasteiger partial charge in [-0.1, -0.05) is 42.3 Å². The van der Waals surface area contributed by atoms with E-state index in [4.69, 9.17) is 16.3 Å². The van der Waals surface area contributed by atoms with Gasteiger partial charge in [0.2, 0.25) is 0 Å². The van der Waals surface area contributed by atoms with Crippen molar-refractivity contribution in [1.82, 2.24) is 5.32 Å². The van der Waals surface area contributed by atoms with Crippen LogP contribution in [-0.2, 0) is 9.59 Å². The SMILES string of the molecule is CC[C@@H](C)Oc1ccc(/C=C2\C(=O)NC(=O)N(c3ccc(C)cc3)C2=O)cc1Cl. The summed E-state index contributed by atoms with van der Waals surface area (Å²) in [6.07, 6.45) is 2.25. The van der Waals surface area contributed by atoms with Gasteiger partial charge >= 0.3 is 6.03 Å². The molecule has 2 aromatic rings. The summed E-state index contributed by atoms with van der Waals surface area (Å²) in [5.74, 6) is -0.919. The van der Waals surface area contributed by atoms with E-state index in [0.29, 0.717) is 22.0 Å². The summed E-state index contributed by atoms with van der Waals surface area (Å²) in [5, 5.41) is 2.57. The van der Waals surface area contributed by atoms with E-state index in [1.165, 1.54) is 6.08 Å². The second-order valence-corrected chi connectivity index (χ2v) is 7.23. The standard InChI is InChI=1S/C22H21ClN2O4/c1-4-14(3)29-19-10-7-15(12-18(19)23)11-17-20(26)24-22(28)25(21(17)27)16-8-5-13(2)6-9-16/h5-12,14H,4H2,1-3H3,(H,24,26,28)/b17-11+/t14-/m1/s1. The van der Waals surface area contributed by atoms with Crippen LogP contribution in [0.5, 0.6) is 5.75 Å². The van der Waals surface area contributed by atoms with Gasteiger partial charge in [-0.25, -0.2) is 9.69 Å². The molecule has 150 valence electrons. The Hall–Kier alpha value is -3.12. The molecule has 1 heterocycles. The Bertz CT molecular complexity index is 998. The summed E-state index contributed by atoms with van der Waals surface area (Å²) in [6.45, 7) is 5.84. The number of rotatable bonds is 5. The quantitative estimate of drug-likeness (QED) is 0.579. The largest absolute Gasteiger partial charge is 0.489 e. The number of aryl methyl sites for hydroxylation is 1. The topological polar surface area (TPSA) is 75.7 Å². The van der Waals surface area contributed by atoms with E-state index in [0.717, 1.165) is 16.9 Å². The zero-order valence-electron chi connectivity index (χ0n) is 16.4. The van der Waals surface area contributed by atoms with E-state index in [1.54, 1.807) is 42.5 Å². The lowest BCUT2D eigenvalue weighted by atomic mass is 10.1. The molecule has 1 fully saturated rings. The fraction of sp³-hybridized carbons (Fsp3) is 0.227. The molecule has 0 aromatic heterocycles. The molecule has 0 saturated carbocycles. The van der Waals surface area contributed by atoms with Crippen molar-refractivity contribution in [2.45, 2.75) is 33.3 Å². The van der Waals surface area contributed by atoms with Crippen molar-refractivity contribution in [1.29, 1.82) is 0 Å². The van der Waals surface area contributed by atoms with Crippen LogP contribution in [0.4, 0.5) is 10.5 Å². The number of benzene rings is 2. The lowest BCUT2D eigenvalue weighted by Gasteiger charge is -2.26. The molecule has 4 amide bonds. The second-order valence-electron chi connectivity index (χ2n) is 6.82. The van der Waals surface area contributed by atoms with Crippen LogP contribution in [0.2, 0.25) is 5.02 Å². The third-order valence-corrected chi connectivity index (χ3v) is 4.86. The summed E-state index contributed by atoms with van der Waals surface area (Å²) >= 11 is 6.28. The van der Waals surface area contributed by atoms with E-state index >= 15 is 0 Å². The molecule has 1 aliphatic heterocycles. The fourth-order valence-corrected chi connectivity index (χ4v) is 2.99. The Balaban J connectivity index is 1.92. The van der Waals surface area contributed by atoms with E-state index in [9.17, 15) is 14.4 Å². The minimum Gasteiger partial charge on any atom is -0.489 e. The van der Waals surface area contributed by atoms with Gasteiger partial charge in [0.1, 0.15) is 11.3 Å². The van der Waals surface area contributed by atoms with Crippen LogP contribution >= 0.6 is 11.6 Å². The van der Waals surface area contributed by atoms with Crippen molar-refractivity contribution in [3.8, 4) is 5.75 Å². The number of ether oxygens (including phenoxy) is 1. The first kappa shape index (κ1) is 20.6. The van der Waals surface area contributed by atoms with Crippen LogP contribution in [0.25, 0.3) is 6.08 Å². The highest BCUT2D eigenvalue weighted by Crippen LogP contribution is 2.29. The third kappa shape index (κ3) is 4.49. The fourth-order valence-electron chi connectivity index (χ4n) is 2.75. The number of urea groups is 1. The maximum Gasteiger partial charge on any atom is 0.335 e. The Kier molecular flexibility index (Phi) is 6.03. The Morgan fingerprint density at radius 2 is 1.83 bits per heavy atom. The molecule has 2 aromatic carbocycles. The summed E-state index contributed by atoms with van der Waals surface area (Å²) in [5.41, 5.74) is 1.76. The highest BCUT2D eigenvalue weighted by molar-refractivity contribution is 6.39. The van der Waals surface area contributed by atoms with E-state index in [2.05, 4.69) is 5.32 Å². The van der Waals surface area contributed by atoms with Crippen LogP contribution in [0.15, 0.2) is 48.0 Å². The molecule has 6 nitrogen and oxygen atoms in total. The van der Waals surface area contributed by atoms with Gasteiger partial charge in [0, 0.05) is 0 Å². The number of halogens is 1. The van der Waals surface area contributed by atoms with Crippen LogP contribution in [0.1, 0.15) is 31.4 Å². The molecule has 1 aliphatic rings. The maximum absolute atomic E-state index is 12.9. The normalized spacial score (nSPS) is 16.8. The molecule has 0 spiro atoms. The first-order valence-electron chi connectivity index (χ1n) is 9.24. The van der Waals surface area contributed by atoms with Gasteiger partial charge in [-0.3, -0.25) is 14.9 Å². The molecule has 1 saturated heterocycles. The summed E-state index contributed by atoms with van der Waals surface area (Å²) in [6, 6.07) is 11.1. The van der Waals surface area contributed by atoms with Crippen LogP contribution in [-0.4, -0.2) is 23.9 Å². The minimum atomic E-state index is -0.781. The van der Waals surface area contributed by atoms with E-state index < -0.39 is 17.8 Å². The molecule has 3 rings (SSSR count). The monoisotopic (exact) mass is 412 g/mol. The molecule has 1 N–H and O–H groups in total. The number of anilines is 1. The maximum atomic E-state index is 12.9. The molecule has 1 atom stereocenters. The zero-order chi connectivity index (χ0) is 21.1. The van der Waals surface area contributed by atoms with Gasteiger partial charge in [0.25, 0.3) is 11.8 Å². The minimum absolute atomic E-state index is 0.0106. The summed E-state index contributed by atoms with van der Waals surface area (Å²) in [7, 11) is 0. The summed E-state index contributed by atoms with van der Waals surface area (Å²) < 4.78 is 5.73. The number of amides is 4.